The molecule has 5 rings (SSSR count). The Balaban J connectivity index is 0.00000165. The number of aromatic nitrogens is 1. The van der Waals surface area contributed by atoms with E-state index in [0.717, 1.165) is 63.5 Å². The van der Waals surface area contributed by atoms with Crippen molar-refractivity contribution in [1.29, 1.82) is 0 Å². The Morgan fingerprint density at radius 2 is 1.86 bits per heavy atom. The molecule has 3 aromatic rings. The molecule has 9 heteroatoms. The summed E-state index contributed by atoms with van der Waals surface area (Å²) in [7, 11) is 2.18. The van der Waals surface area contributed by atoms with Gasteiger partial charge in [0.1, 0.15) is 12.4 Å². The van der Waals surface area contributed by atoms with Crippen molar-refractivity contribution in [2.75, 3.05) is 51.2 Å². The van der Waals surface area contributed by atoms with E-state index in [1.165, 1.54) is 18.1 Å². The Morgan fingerprint density at radius 1 is 1.09 bits per heavy atom. The summed E-state index contributed by atoms with van der Waals surface area (Å²) in [6, 6.07) is 16.8. The van der Waals surface area contributed by atoms with E-state index >= 15 is 0 Å². The fourth-order valence-electron chi connectivity index (χ4n) is 5.62. The molecular weight excluding hydrogens is 789 g/mol. The number of carbonyl (C=O) groups excluding carboxylic acids is 1. The second kappa shape index (κ2) is 17.2. The number of terminal acetylenes is 1. The number of nitrogens with zero attached hydrogens (tertiary/aromatic N) is 4. The maximum Gasteiger partial charge on any atom is 0.213 e. The van der Waals surface area contributed by atoms with Crippen molar-refractivity contribution in [3.05, 3.63) is 87.8 Å². The molecule has 0 saturated carbocycles. The van der Waals surface area contributed by atoms with Crippen LogP contribution in [0.5, 0.6) is 5.88 Å². The number of hydrogen-bond acceptors (Lipinski definition) is 6. The SMILES string of the molecule is C#C.Cc1ccc([C-]=O)cc1N(CCN1CCC(c2cccc(OCc3ccc(Cl)cc3F)n2)CC1)CC1CCN1C.[U]. The van der Waals surface area contributed by atoms with Crippen LogP contribution in [-0.2, 0) is 11.4 Å². The molecule has 0 bridgehead atoms. The van der Waals surface area contributed by atoms with Crippen LogP contribution in [0.3, 0.4) is 0 Å². The van der Waals surface area contributed by atoms with E-state index in [-0.39, 0.29) is 43.5 Å². The Labute approximate surface area is 284 Å². The molecule has 2 aliphatic heterocycles. The molecule has 0 N–H and O–H groups in total. The predicted octanol–water partition coefficient (Wildman–Crippen LogP) is 5.86. The van der Waals surface area contributed by atoms with Gasteiger partial charge in [-0.25, -0.2) is 9.37 Å². The zero-order valence-electron chi connectivity index (χ0n) is 24.9. The minimum atomic E-state index is -0.376. The van der Waals surface area contributed by atoms with Crippen molar-refractivity contribution in [1.82, 2.24) is 14.8 Å². The minimum Gasteiger partial charge on any atom is -0.473 e. The third-order valence-electron chi connectivity index (χ3n) is 8.36. The van der Waals surface area contributed by atoms with Gasteiger partial charge in [0.2, 0.25) is 5.88 Å². The maximum absolute atomic E-state index is 14.1. The van der Waals surface area contributed by atoms with E-state index in [4.69, 9.17) is 21.3 Å². The van der Waals surface area contributed by atoms with Gasteiger partial charge in [0, 0.05) is 85.1 Å². The second-order valence-electron chi connectivity index (χ2n) is 11.0. The molecule has 3 heterocycles. The molecule has 0 amide bonds. The largest absolute Gasteiger partial charge is 0.473 e. The molecule has 0 radical (unpaired) electrons. The van der Waals surface area contributed by atoms with Crippen LogP contribution in [-0.4, -0.2) is 73.4 Å². The molecule has 2 aromatic carbocycles. The topological polar surface area (TPSA) is 48.9 Å². The van der Waals surface area contributed by atoms with Crippen LogP contribution in [0.25, 0.3) is 0 Å². The fourth-order valence-corrected chi connectivity index (χ4v) is 5.78. The molecule has 1 atom stereocenters. The van der Waals surface area contributed by atoms with Crippen LogP contribution in [0.4, 0.5) is 10.1 Å². The van der Waals surface area contributed by atoms with Gasteiger partial charge in [0.15, 0.2) is 0 Å². The van der Waals surface area contributed by atoms with Crippen LogP contribution in [0.15, 0.2) is 54.6 Å². The van der Waals surface area contributed by atoms with Gasteiger partial charge in [0.25, 0.3) is 0 Å². The number of ether oxygens (including phenoxy) is 1. The molecular formula is C34H39ClFN4O2U-. The van der Waals surface area contributed by atoms with Crippen LogP contribution < -0.4 is 9.64 Å². The Hall–Kier alpha value is -2.39. The molecule has 0 aliphatic carbocycles. The molecule has 1 aromatic heterocycles. The fraction of sp³-hybridized carbons (Fsp3) is 0.412. The monoisotopic (exact) mass is 827 g/mol. The van der Waals surface area contributed by atoms with Crippen molar-refractivity contribution >= 4 is 23.6 Å². The quantitative estimate of drug-likeness (QED) is 0.179. The number of halogens is 2. The molecule has 2 saturated heterocycles. The van der Waals surface area contributed by atoms with Crippen molar-refractivity contribution < 1.29 is 45.0 Å². The average molecular weight is 828 g/mol. The first-order valence-electron chi connectivity index (χ1n) is 14.4. The molecule has 0 spiro atoms. The van der Waals surface area contributed by atoms with Crippen LogP contribution in [0.1, 0.15) is 47.6 Å². The average Bonchev–Trinajstić information content (AvgIpc) is 3.02. The summed E-state index contributed by atoms with van der Waals surface area (Å²) >= 11 is 5.85. The summed E-state index contributed by atoms with van der Waals surface area (Å²) in [5.74, 6) is 0.504. The van der Waals surface area contributed by atoms with Crippen molar-refractivity contribution in [2.45, 2.75) is 44.8 Å². The van der Waals surface area contributed by atoms with Gasteiger partial charge < -0.3 is 24.2 Å². The first kappa shape index (κ1) is 35.1. The summed E-state index contributed by atoms with van der Waals surface area (Å²) in [5.41, 5.74) is 4.41. The molecule has 226 valence electrons. The molecule has 2 fully saturated rings. The minimum absolute atomic E-state index is 0. The van der Waals surface area contributed by atoms with Gasteiger partial charge in [-0.1, -0.05) is 29.3 Å². The first-order chi connectivity index (χ1) is 20.4. The Kier molecular flexibility index (Phi) is 14.0. The van der Waals surface area contributed by atoms with Gasteiger partial charge in [0.05, 0.1) is 6.29 Å². The normalized spacial score (nSPS) is 17.1. The number of hydrogen-bond donors (Lipinski definition) is 0. The standard InChI is InChI=1S/C32H37ClFN4O2.C2H2.U/c1-23-6-7-24(21-39)18-31(23)38(20-28-12-13-36(28)2)17-16-37-14-10-25(11-15-37)30-4-3-5-32(35-30)40-22-26-8-9-27(33)19-29(26)34;1-2;/h3-9,18-19,25,28H,10-17,20,22H2,1-2H3;1-2H;/q-1;;. The third kappa shape index (κ3) is 9.55. The number of piperidine rings is 1. The zero-order chi connectivity index (χ0) is 30.1. The second-order valence-corrected chi connectivity index (χ2v) is 11.4. The van der Waals surface area contributed by atoms with E-state index < -0.39 is 0 Å². The van der Waals surface area contributed by atoms with Gasteiger partial charge in [-0.2, -0.15) is 6.07 Å². The van der Waals surface area contributed by atoms with Crippen molar-refractivity contribution in [3.63, 3.8) is 0 Å². The maximum atomic E-state index is 14.1. The summed E-state index contributed by atoms with van der Waals surface area (Å²) in [6.07, 6.45) is 13.3. The number of likely N-dealkylation sites (N-methyl/N-ethyl adjacent to an activating group) is 1. The first-order valence-corrected chi connectivity index (χ1v) is 14.8. The van der Waals surface area contributed by atoms with E-state index in [0.29, 0.717) is 34.0 Å². The van der Waals surface area contributed by atoms with E-state index in [1.54, 1.807) is 12.1 Å². The van der Waals surface area contributed by atoms with E-state index in [1.807, 2.05) is 30.3 Å². The number of pyridine rings is 1. The number of likely N-dealkylation sites (tertiary alicyclic amines) is 2. The zero-order valence-corrected chi connectivity index (χ0v) is 29.9. The summed E-state index contributed by atoms with van der Waals surface area (Å²) < 4.78 is 19.9. The Morgan fingerprint density at radius 3 is 2.51 bits per heavy atom. The van der Waals surface area contributed by atoms with Gasteiger partial charge in [-0.3, -0.25) is 0 Å². The van der Waals surface area contributed by atoms with Crippen LogP contribution >= 0.6 is 11.6 Å². The number of rotatable bonds is 11. The van der Waals surface area contributed by atoms with Gasteiger partial charge in [-0.15, -0.1) is 30.5 Å². The van der Waals surface area contributed by atoms with Crippen LogP contribution in [0, 0.1) is 56.7 Å². The van der Waals surface area contributed by atoms with Gasteiger partial charge in [-0.05, 0) is 76.8 Å². The molecule has 43 heavy (non-hydrogen) atoms. The summed E-state index contributed by atoms with van der Waals surface area (Å²) in [6.45, 7) is 8.24. The van der Waals surface area contributed by atoms with E-state index in [2.05, 4.69) is 53.9 Å². The third-order valence-corrected chi connectivity index (χ3v) is 8.60. The summed E-state index contributed by atoms with van der Waals surface area (Å²) in [4.78, 5) is 23.5. The van der Waals surface area contributed by atoms with E-state index in [9.17, 15) is 9.18 Å². The number of anilines is 1. The van der Waals surface area contributed by atoms with Crippen molar-refractivity contribution in [3.8, 4) is 18.7 Å². The predicted molar refractivity (Wildman–Crippen MR) is 168 cm³/mol. The van der Waals surface area contributed by atoms with Crippen molar-refractivity contribution in [2.24, 2.45) is 0 Å². The van der Waals surface area contributed by atoms with Gasteiger partial charge >= 0.3 is 0 Å². The smallest absolute Gasteiger partial charge is 0.213 e. The summed E-state index contributed by atoms with van der Waals surface area (Å²) in [5, 5.41) is 0.368. The molecule has 6 nitrogen and oxygen atoms in total. The molecule has 2 aliphatic rings. The van der Waals surface area contributed by atoms with Crippen LogP contribution in [0.2, 0.25) is 5.02 Å². The number of benzene rings is 2. The molecule has 1 unspecified atom stereocenters. The number of aryl methyl sites for hydroxylation is 1. The Bertz CT molecular complexity index is 1370.